The van der Waals surface area contributed by atoms with Crippen LogP contribution in [0.3, 0.4) is 0 Å². The van der Waals surface area contributed by atoms with Crippen LogP contribution in [0.1, 0.15) is 43.0 Å². The van der Waals surface area contributed by atoms with Gasteiger partial charge in [-0.2, -0.15) is 0 Å². The van der Waals surface area contributed by atoms with Crippen LogP contribution < -0.4 is 5.32 Å². The Labute approximate surface area is 144 Å². The van der Waals surface area contributed by atoms with Crippen molar-refractivity contribution in [1.82, 2.24) is 9.62 Å². The summed E-state index contributed by atoms with van der Waals surface area (Å²) in [5.74, 6) is 1.95. The predicted molar refractivity (Wildman–Crippen MR) is 93.2 cm³/mol. The maximum absolute atomic E-state index is 12.5. The highest BCUT2D eigenvalue weighted by molar-refractivity contribution is 7.89. The first-order chi connectivity index (χ1) is 11.3. The molecule has 0 radical (unpaired) electrons. The minimum absolute atomic E-state index is 0.127. The summed E-state index contributed by atoms with van der Waals surface area (Å²) in [7, 11) is -0.560. The molecule has 2 aliphatic rings. The third kappa shape index (κ3) is 3.22. The molecule has 2 bridgehead atoms. The van der Waals surface area contributed by atoms with E-state index in [-0.39, 0.29) is 16.8 Å². The van der Waals surface area contributed by atoms with Crippen LogP contribution in [-0.4, -0.2) is 38.8 Å². The minimum Gasteiger partial charge on any atom is -0.349 e. The Morgan fingerprint density at radius 2 is 2.00 bits per heavy atom. The van der Waals surface area contributed by atoms with Gasteiger partial charge in [-0.15, -0.1) is 0 Å². The first kappa shape index (κ1) is 17.4. The Kier molecular flexibility index (Phi) is 4.71. The lowest BCUT2D eigenvalue weighted by molar-refractivity contribution is 0.0915. The number of nitrogens with zero attached hydrogens (tertiary/aromatic N) is 1. The average molecular weight is 350 g/mol. The molecule has 2 aliphatic carbocycles. The number of rotatable bonds is 5. The van der Waals surface area contributed by atoms with Crippen molar-refractivity contribution < 1.29 is 13.2 Å². The largest absolute Gasteiger partial charge is 0.349 e. The van der Waals surface area contributed by atoms with Crippen molar-refractivity contribution in [1.29, 1.82) is 0 Å². The molecular weight excluding hydrogens is 324 g/mol. The lowest BCUT2D eigenvalue weighted by Crippen LogP contribution is -2.40. The SMILES string of the molecule is C[C@H](NC(=O)c1cccc(S(=O)(=O)N(C)C)c1)[C@H]1C[C@@H]2CC[C@H]1C2. The van der Waals surface area contributed by atoms with Gasteiger partial charge in [-0.25, -0.2) is 12.7 Å². The number of carbonyl (C=O) groups is 1. The molecule has 2 saturated carbocycles. The van der Waals surface area contributed by atoms with Crippen molar-refractivity contribution >= 4 is 15.9 Å². The first-order valence-corrected chi connectivity index (χ1v) is 10.1. The second kappa shape index (κ2) is 6.48. The zero-order valence-corrected chi connectivity index (χ0v) is 15.3. The van der Waals surface area contributed by atoms with Gasteiger partial charge in [0.25, 0.3) is 5.91 Å². The van der Waals surface area contributed by atoms with Crippen molar-refractivity contribution in [2.75, 3.05) is 14.1 Å². The molecule has 24 heavy (non-hydrogen) atoms. The number of hydrogen-bond donors (Lipinski definition) is 1. The van der Waals surface area contributed by atoms with E-state index in [2.05, 4.69) is 12.2 Å². The van der Waals surface area contributed by atoms with Crippen molar-refractivity contribution in [3.63, 3.8) is 0 Å². The quantitative estimate of drug-likeness (QED) is 0.887. The van der Waals surface area contributed by atoms with Gasteiger partial charge < -0.3 is 5.32 Å². The van der Waals surface area contributed by atoms with Crippen LogP contribution in [0.15, 0.2) is 29.2 Å². The molecule has 0 spiro atoms. The molecule has 1 aromatic rings. The van der Waals surface area contributed by atoms with Gasteiger partial charge in [0, 0.05) is 25.7 Å². The molecule has 3 rings (SSSR count). The summed E-state index contributed by atoms with van der Waals surface area (Å²) in [5.41, 5.74) is 0.396. The lowest BCUT2D eigenvalue weighted by Gasteiger charge is -2.28. The van der Waals surface area contributed by atoms with E-state index in [9.17, 15) is 13.2 Å². The highest BCUT2D eigenvalue weighted by atomic mass is 32.2. The van der Waals surface area contributed by atoms with E-state index in [0.717, 1.165) is 16.1 Å². The predicted octanol–water partition coefficient (Wildman–Crippen LogP) is 2.49. The van der Waals surface area contributed by atoms with Crippen LogP contribution in [0, 0.1) is 17.8 Å². The zero-order valence-electron chi connectivity index (χ0n) is 14.5. The molecule has 0 unspecified atom stereocenters. The summed E-state index contributed by atoms with van der Waals surface area (Å²) in [6.07, 6.45) is 5.14. The third-order valence-corrected chi connectivity index (χ3v) is 7.48. The summed E-state index contributed by atoms with van der Waals surface area (Å²) in [5, 5.41) is 3.08. The molecular formula is C18H26N2O3S. The molecule has 0 heterocycles. The fourth-order valence-electron chi connectivity index (χ4n) is 4.31. The van der Waals surface area contributed by atoms with Gasteiger partial charge in [0.1, 0.15) is 0 Å². The van der Waals surface area contributed by atoms with Crippen LogP contribution in [0.5, 0.6) is 0 Å². The van der Waals surface area contributed by atoms with Gasteiger partial charge in [-0.3, -0.25) is 4.79 Å². The van der Waals surface area contributed by atoms with Gasteiger partial charge in [0.2, 0.25) is 10.0 Å². The summed E-state index contributed by atoms with van der Waals surface area (Å²) in [6, 6.07) is 6.39. The van der Waals surface area contributed by atoms with E-state index in [4.69, 9.17) is 0 Å². The van der Waals surface area contributed by atoms with Gasteiger partial charge in [0.15, 0.2) is 0 Å². The first-order valence-electron chi connectivity index (χ1n) is 8.62. The summed E-state index contributed by atoms with van der Waals surface area (Å²) >= 11 is 0. The summed E-state index contributed by atoms with van der Waals surface area (Å²) < 4.78 is 25.6. The second-order valence-electron chi connectivity index (χ2n) is 7.42. The van der Waals surface area contributed by atoms with Crippen LogP contribution >= 0.6 is 0 Å². The smallest absolute Gasteiger partial charge is 0.251 e. The lowest BCUT2D eigenvalue weighted by atomic mass is 9.84. The number of benzene rings is 1. The van der Waals surface area contributed by atoms with Crippen LogP contribution in [0.2, 0.25) is 0 Å². The number of fused-ring (bicyclic) bond motifs is 2. The second-order valence-corrected chi connectivity index (χ2v) is 9.57. The Morgan fingerprint density at radius 3 is 2.58 bits per heavy atom. The molecule has 132 valence electrons. The fraction of sp³-hybridized carbons (Fsp3) is 0.611. The third-order valence-electron chi connectivity index (χ3n) is 5.67. The van der Waals surface area contributed by atoms with Crippen molar-refractivity contribution in [3.8, 4) is 0 Å². The molecule has 2 fully saturated rings. The summed E-state index contributed by atoms with van der Waals surface area (Å²) in [4.78, 5) is 12.7. The molecule has 1 amide bonds. The number of nitrogens with one attached hydrogen (secondary N) is 1. The zero-order chi connectivity index (χ0) is 17.5. The number of carbonyl (C=O) groups excluding carboxylic acids is 1. The maximum atomic E-state index is 12.5. The van der Waals surface area contributed by atoms with Crippen molar-refractivity contribution in [3.05, 3.63) is 29.8 Å². The van der Waals surface area contributed by atoms with Crippen molar-refractivity contribution in [2.45, 2.75) is 43.5 Å². The number of amides is 1. The van der Waals surface area contributed by atoms with E-state index >= 15 is 0 Å². The van der Waals surface area contributed by atoms with Crippen LogP contribution in [0.4, 0.5) is 0 Å². The van der Waals surface area contributed by atoms with E-state index in [1.807, 2.05) is 0 Å². The normalized spacial score (nSPS) is 27.4. The van der Waals surface area contributed by atoms with Gasteiger partial charge in [-0.1, -0.05) is 12.5 Å². The van der Waals surface area contributed by atoms with Gasteiger partial charge in [-0.05, 0) is 62.1 Å². The van der Waals surface area contributed by atoms with Crippen LogP contribution in [-0.2, 0) is 10.0 Å². The Hall–Kier alpha value is -1.40. The van der Waals surface area contributed by atoms with E-state index in [0.29, 0.717) is 11.5 Å². The number of sulfonamides is 1. The minimum atomic E-state index is -3.53. The number of hydrogen-bond acceptors (Lipinski definition) is 3. The monoisotopic (exact) mass is 350 g/mol. The standard InChI is InChI=1S/C18H26N2O3S/c1-12(17-10-13-7-8-14(17)9-13)19-18(21)15-5-4-6-16(11-15)24(22,23)20(2)3/h4-6,11-14,17H,7-10H2,1-3H3,(H,19,21)/t12-,13+,14-,17+/m0/s1. The molecule has 1 N–H and O–H groups in total. The van der Waals surface area contributed by atoms with Crippen LogP contribution in [0.25, 0.3) is 0 Å². The molecule has 0 saturated heterocycles. The highest BCUT2D eigenvalue weighted by Crippen LogP contribution is 2.49. The Balaban J connectivity index is 1.71. The highest BCUT2D eigenvalue weighted by Gasteiger charge is 2.42. The molecule has 6 heteroatoms. The molecule has 0 aliphatic heterocycles. The van der Waals surface area contributed by atoms with E-state index in [1.165, 1.54) is 51.9 Å². The Morgan fingerprint density at radius 1 is 1.25 bits per heavy atom. The molecule has 5 nitrogen and oxygen atoms in total. The van der Waals surface area contributed by atoms with Crippen molar-refractivity contribution in [2.24, 2.45) is 17.8 Å². The fourth-order valence-corrected chi connectivity index (χ4v) is 5.26. The summed E-state index contributed by atoms with van der Waals surface area (Å²) in [6.45, 7) is 2.07. The molecule has 0 aromatic heterocycles. The average Bonchev–Trinajstić information content (AvgIpc) is 3.17. The van der Waals surface area contributed by atoms with E-state index < -0.39 is 10.0 Å². The molecule has 4 atom stereocenters. The Bertz CT molecular complexity index is 730. The van der Waals surface area contributed by atoms with Gasteiger partial charge in [0.05, 0.1) is 4.90 Å². The topological polar surface area (TPSA) is 66.5 Å². The van der Waals surface area contributed by atoms with E-state index in [1.54, 1.807) is 12.1 Å². The van der Waals surface area contributed by atoms with Gasteiger partial charge >= 0.3 is 0 Å². The maximum Gasteiger partial charge on any atom is 0.251 e. The molecule has 1 aromatic carbocycles.